The molecule has 0 unspecified atom stereocenters. The molecule has 0 saturated heterocycles. The lowest BCUT2D eigenvalue weighted by molar-refractivity contribution is -0.137. The van der Waals surface area contributed by atoms with E-state index in [0.29, 0.717) is 21.8 Å². The lowest BCUT2D eigenvalue weighted by Gasteiger charge is -2.15. The zero-order valence-electron chi connectivity index (χ0n) is 13.1. The Kier molecular flexibility index (Phi) is 4.19. The number of thiazole rings is 1. The molecule has 2 heterocycles. The number of fused-ring (bicyclic) bond motifs is 2. The summed E-state index contributed by atoms with van der Waals surface area (Å²) in [7, 11) is 0. The smallest absolute Gasteiger partial charge is 0.323 e. The van der Waals surface area contributed by atoms with Crippen LogP contribution in [0.1, 0.15) is 0 Å². The Bertz CT molecular complexity index is 1230. The summed E-state index contributed by atoms with van der Waals surface area (Å²) in [5.74, 6) is -1.05. The van der Waals surface area contributed by atoms with Crippen molar-refractivity contribution in [2.45, 2.75) is 6.54 Å². The van der Waals surface area contributed by atoms with Crippen LogP contribution in [0.3, 0.4) is 0 Å². The van der Waals surface area contributed by atoms with Crippen LogP contribution >= 0.6 is 34.5 Å². The molecule has 0 spiro atoms. The van der Waals surface area contributed by atoms with Crippen molar-refractivity contribution in [1.29, 1.82) is 0 Å². The van der Waals surface area contributed by atoms with E-state index in [1.54, 1.807) is 30.5 Å². The van der Waals surface area contributed by atoms with E-state index in [1.165, 1.54) is 22.0 Å². The fourth-order valence-electron chi connectivity index (χ4n) is 3.00. The number of hydrogen-bond acceptors (Lipinski definition) is 4. The van der Waals surface area contributed by atoms with Gasteiger partial charge in [-0.15, -0.1) is 11.3 Å². The molecule has 0 amide bonds. The first-order valence-electron chi connectivity index (χ1n) is 7.53. The molecule has 4 rings (SSSR count). The summed E-state index contributed by atoms with van der Waals surface area (Å²) in [6.45, 7) is -0.353. The molecule has 0 radical (unpaired) electrons. The van der Waals surface area contributed by atoms with Crippen molar-refractivity contribution >= 4 is 62.3 Å². The Morgan fingerprint density at radius 1 is 1.19 bits per heavy atom. The summed E-state index contributed by atoms with van der Waals surface area (Å²) in [6, 6.07) is 8.35. The molecule has 1 N–H and O–H groups in total. The van der Waals surface area contributed by atoms with Gasteiger partial charge in [0.2, 0.25) is 0 Å². The maximum absolute atomic E-state index is 12.9. The maximum atomic E-state index is 12.9. The lowest BCUT2D eigenvalue weighted by atomic mass is 10.1. The molecule has 2 aromatic heterocycles. The number of halogens is 2. The summed E-state index contributed by atoms with van der Waals surface area (Å²) in [5.41, 5.74) is 1.36. The van der Waals surface area contributed by atoms with Crippen LogP contribution in [-0.2, 0) is 11.3 Å². The fraction of sp³-hybridized carbons (Fsp3) is 0.0556. The minimum atomic E-state index is -1.05. The summed E-state index contributed by atoms with van der Waals surface area (Å²) >= 11 is 13.9. The van der Waals surface area contributed by atoms with E-state index in [9.17, 15) is 14.7 Å². The third-order valence-corrected chi connectivity index (χ3v) is 5.71. The van der Waals surface area contributed by atoms with Gasteiger partial charge >= 0.3 is 5.97 Å². The predicted molar refractivity (Wildman–Crippen MR) is 104 cm³/mol. The van der Waals surface area contributed by atoms with Gasteiger partial charge in [0.1, 0.15) is 11.6 Å². The highest BCUT2D eigenvalue weighted by Gasteiger charge is 2.18. The molecule has 0 saturated carbocycles. The number of pyridine rings is 1. The van der Waals surface area contributed by atoms with E-state index in [1.807, 2.05) is 5.38 Å². The van der Waals surface area contributed by atoms with Crippen LogP contribution in [0.5, 0.6) is 0 Å². The van der Waals surface area contributed by atoms with Crippen molar-refractivity contribution in [2.75, 3.05) is 0 Å². The summed E-state index contributed by atoms with van der Waals surface area (Å²) < 4.78 is 1.51. The highest BCUT2D eigenvalue weighted by atomic mass is 35.5. The number of hydrogen-bond donors (Lipinski definition) is 1. The first-order valence-corrected chi connectivity index (χ1v) is 9.17. The van der Waals surface area contributed by atoms with Gasteiger partial charge in [-0.3, -0.25) is 9.59 Å². The summed E-state index contributed by atoms with van der Waals surface area (Å²) in [5, 5.41) is 13.2. The minimum absolute atomic E-state index is 0.157. The molecule has 0 fully saturated rings. The van der Waals surface area contributed by atoms with Crippen LogP contribution in [0.4, 0.5) is 0 Å². The van der Waals surface area contributed by atoms with Gasteiger partial charge < -0.3 is 9.67 Å². The van der Waals surface area contributed by atoms with Crippen molar-refractivity contribution < 1.29 is 9.90 Å². The first-order chi connectivity index (χ1) is 12.5. The van der Waals surface area contributed by atoms with Crippen LogP contribution in [0.15, 0.2) is 46.7 Å². The molecule has 0 atom stereocenters. The number of rotatable bonds is 3. The maximum Gasteiger partial charge on any atom is 0.323 e. The molecule has 0 aliphatic carbocycles. The second-order valence-corrected chi connectivity index (χ2v) is 7.32. The van der Waals surface area contributed by atoms with E-state index < -0.39 is 5.97 Å². The Balaban J connectivity index is 2.19. The van der Waals surface area contributed by atoms with E-state index in [2.05, 4.69) is 4.98 Å². The van der Waals surface area contributed by atoms with E-state index in [4.69, 9.17) is 23.2 Å². The highest BCUT2D eigenvalue weighted by molar-refractivity contribution is 7.13. The van der Waals surface area contributed by atoms with E-state index in [0.717, 1.165) is 10.6 Å². The van der Waals surface area contributed by atoms with E-state index in [-0.39, 0.29) is 22.0 Å². The Labute approximate surface area is 161 Å². The van der Waals surface area contributed by atoms with Gasteiger partial charge in [0.15, 0.2) is 5.43 Å². The number of aromatic nitrogens is 2. The minimum Gasteiger partial charge on any atom is -0.480 e. The second kappa shape index (κ2) is 6.39. The molecule has 0 bridgehead atoms. The van der Waals surface area contributed by atoms with Crippen molar-refractivity contribution in [2.24, 2.45) is 0 Å². The van der Waals surface area contributed by atoms with Crippen LogP contribution in [0.2, 0.25) is 10.0 Å². The van der Waals surface area contributed by atoms with Gasteiger partial charge in [0.25, 0.3) is 0 Å². The van der Waals surface area contributed by atoms with Crippen molar-refractivity contribution in [3.05, 3.63) is 62.2 Å². The van der Waals surface area contributed by atoms with Gasteiger partial charge in [-0.1, -0.05) is 29.3 Å². The summed E-state index contributed by atoms with van der Waals surface area (Å²) in [4.78, 5) is 28.6. The van der Waals surface area contributed by atoms with E-state index >= 15 is 0 Å². The average molecular weight is 405 g/mol. The van der Waals surface area contributed by atoms with Crippen molar-refractivity contribution in [3.63, 3.8) is 0 Å². The Hall–Kier alpha value is -2.41. The quantitative estimate of drug-likeness (QED) is 0.503. The molecule has 8 heteroatoms. The normalized spacial score (nSPS) is 11.3. The highest BCUT2D eigenvalue weighted by Crippen LogP contribution is 2.33. The molecular weight excluding hydrogens is 395 g/mol. The van der Waals surface area contributed by atoms with Crippen LogP contribution in [-0.4, -0.2) is 20.6 Å². The zero-order chi connectivity index (χ0) is 18.4. The molecule has 130 valence electrons. The largest absolute Gasteiger partial charge is 0.480 e. The Morgan fingerprint density at radius 3 is 2.65 bits per heavy atom. The second-order valence-electron chi connectivity index (χ2n) is 5.64. The van der Waals surface area contributed by atoms with Gasteiger partial charge in [-0.25, -0.2) is 4.98 Å². The monoisotopic (exact) mass is 404 g/mol. The number of benzene rings is 2. The fourth-order valence-corrected chi connectivity index (χ4v) is 4.05. The first kappa shape index (κ1) is 17.0. The molecule has 26 heavy (non-hydrogen) atoms. The van der Waals surface area contributed by atoms with Crippen LogP contribution in [0, 0.1) is 0 Å². The number of aliphatic carboxylic acids is 1. The molecular formula is C18H10Cl2N2O3S. The average Bonchev–Trinajstić information content (AvgIpc) is 3.15. The van der Waals surface area contributed by atoms with Crippen LogP contribution in [0.25, 0.3) is 32.4 Å². The third-order valence-electron chi connectivity index (χ3n) is 4.09. The topological polar surface area (TPSA) is 72.2 Å². The van der Waals surface area contributed by atoms with Gasteiger partial charge in [-0.2, -0.15) is 0 Å². The summed E-state index contributed by atoms with van der Waals surface area (Å²) in [6.07, 6.45) is 1.69. The number of carboxylic acid groups (broad SMARTS) is 1. The number of nitrogens with zero attached hydrogens (tertiary/aromatic N) is 2. The van der Waals surface area contributed by atoms with Crippen LogP contribution < -0.4 is 5.43 Å². The Morgan fingerprint density at radius 2 is 1.96 bits per heavy atom. The third kappa shape index (κ3) is 2.67. The lowest BCUT2D eigenvalue weighted by Crippen LogP contribution is -2.16. The molecule has 0 aliphatic rings. The number of carbonyl (C=O) groups is 1. The zero-order valence-corrected chi connectivity index (χ0v) is 15.4. The molecule has 5 nitrogen and oxygen atoms in total. The SMILES string of the molecule is O=C(O)Cn1c2cc(-c3nccs3)ccc2c(=O)c2ccc(Cl)c(Cl)c21. The van der Waals surface area contributed by atoms with Gasteiger partial charge in [0.05, 0.1) is 21.1 Å². The molecule has 0 aliphatic heterocycles. The molecule has 2 aromatic carbocycles. The van der Waals surface area contributed by atoms with Gasteiger partial charge in [-0.05, 0) is 24.3 Å². The molecule has 4 aromatic rings. The predicted octanol–water partition coefficient (Wildman–Crippen LogP) is 4.67. The van der Waals surface area contributed by atoms with Crippen molar-refractivity contribution in [1.82, 2.24) is 9.55 Å². The standard InChI is InChI=1S/C18H10Cl2N2O3S/c19-12-4-3-11-16(15(12)20)22(8-14(23)24)13-7-9(18-21-5-6-26-18)1-2-10(13)17(11)25/h1-7H,8H2,(H,23,24). The van der Waals surface area contributed by atoms with Gasteiger partial charge in [0, 0.05) is 27.9 Å². The van der Waals surface area contributed by atoms with Crippen molar-refractivity contribution in [3.8, 4) is 10.6 Å². The number of carboxylic acids is 1.